The van der Waals surface area contributed by atoms with Crippen molar-refractivity contribution < 1.29 is 9.53 Å². The van der Waals surface area contributed by atoms with Crippen LogP contribution in [0.1, 0.15) is 30.4 Å². The van der Waals surface area contributed by atoms with Crippen molar-refractivity contribution >= 4 is 35.0 Å². The highest BCUT2D eigenvalue weighted by molar-refractivity contribution is 6.32. The Balaban J connectivity index is 1.19. The van der Waals surface area contributed by atoms with Gasteiger partial charge in [-0.1, -0.05) is 29.8 Å². The van der Waals surface area contributed by atoms with Crippen LogP contribution in [0.2, 0.25) is 5.02 Å². The average Bonchev–Trinajstić information content (AvgIpc) is 3.47. The molecule has 2 heterocycles. The van der Waals surface area contributed by atoms with Gasteiger partial charge in [0.1, 0.15) is 10.8 Å². The van der Waals surface area contributed by atoms with Crippen LogP contribution in [0.5, 0.6) is 5.75 Å². The maximum atomic E-state index is 12.2. The van der Waals surface area contributed by atoms with Crippen LogP contribution in [0.25, 0.3) is 0 Å². The quantitative estimate of drug-likeness (QED) is 0.355. The first-order chi connectivity index (χ1) is 18.9. The van der Waals surface area contributed by atoms with E-state index in [2.05, 4.69) is 61.7 Å². The van der Waals surface area contributed by atoms with Gasteiger partial charge in [-0.3, -0.25) is 9.69 Å². The largest absolute Gasteiger partial charge is 0.494 e. The van der Waals surface area contributed by atoms with E-state index in [9.17, 15) is 4.79 Å². The number of likely N-dealkylation sites (N-methyl/N-ethyl adjacent to an activating group) is 1. The molecule has 0 radical (unpaired) electrons. The van der Waals surface area contributed by atoms with Gasteiger partial charge in [-0.2, -0.15) is 4.98 Å². The number of hydrogen-bond acceptors (Lipinski definition) is 8. The Bertz CT molecular complexity index is 1260. The number of carbonyl (C=O) groups excluding carboxylic acids is 1. The van der Waals surface area contributed by atoms with E-state index in [4.69, 9.17) is 22.1 Å². The number of ether oxygens (including phenoxy) is 1. The van der Waals surface area contributed by atoms with Gasteiger partial charge in [0, 0.05) is 38.3 Å². The van der Waals surface area contributed by atoms with E-state index in [1.54, 1.807) is 13.3 Å². The molecule has 1 saturated carbocycles. The van der Waals surface area contributed by atoms with Gasteiger partial charge in [0.25, 0.3) is 0 Å². The van der Waals surface area contributed by atoms with Crippen molar-refractivity contribution in [3.63, 3.8) is 0 Å². The predicted octanol–water partition coefficient (Wildman–Crippen LogP) is 3.46. The van der Waals surface area contributed by atoms with Crippen LogP contribution in [0.15, 0.2) is 30.5 Å². The van der Waals surface area contributed by atoms with Crippen LogP contribution in [-0.2, 0) is 17.6 Å². The van der Waals surface area contributed by atoms with Crippen molar-refractivity contribution in [3.05, 3.63) is 46.6 Å². The zero-order chi connectivity index (χ0) is 27.1. The monoisotopic (exact) mass is 551 g/mol. The van der Waals surface area contributed by atoms with E-state index < -0.39 is 0 Å². The van der Waals surface area contributed by atoms with E-state index in [0.717, 1.165) is 63.3 Å². The molecular weight excluding hydrogens is 514 g/mol. The lowest BCUT2D eigenvalue weighted by atomic mass is 9.88. The Morgan fingerprint density at radius 2 is 1.90 bits per heavy atom. The minimum Gasteiger partial charge on any atom is -0.494 e. The number of allylic oxidation sites excluding steroid dienone is 1. The van der Waals surface area contributed by atoms with E-state index in [1.165, 1.54) is 17.5 Å². The number of amides is 1. The van der Waals surface area contributed by atoms with Gasteiger partial charge in [0.05, 0.1) is 24.9 Å². The fraction of sp³-hybridized carbons (Fsp3) is 0.552. The first kappa shape index (κ1) is 26.3. The second-order valence-corrected chi connectivity index (χ2v) is 11.8. The molecule has 9 nitrogen and oxygen atoms in total. The molecule has 4 aliphatic rings. The summed E-state index contributed by atoms with van der Waals surface area (Å²) in [5.41, 5.74) is 9.20. The number of rotatable bonds is 7. The summed E-state index contributed by atoms with van der Waals surface area (Å²) >= 11 is 6.48. The third kappa shape index (κ3) is 5.19. The van der Waals surface area contributed by atoms with Crippen LogP contribution < -0.4 is 21.1 Å². The highest BCUT2D eigenvalue weighted by Crippen LogP contribution is 2.45. The number of nitrogens with two attached hydrogens (primary N) is 1. The number of nitrogens with one attached hydrogen (secondary N) is 2. The number of primary amides is 1. The number of methoxy groups -OCH3 is 1. The standard InChI is InChI=1S/C29H38ClN7O2/c1-36-11-13-37(14-12-36)20-7-5-17-6-10-23(26(39-2)21(17)9-8-20)33-29-32-16-22(30)28(35-29)34-25-19-4-3-18(15-19)24(25)27(31)38/h3-4,6,10,16,18-20,24-25H,5,7-9,11-15H2,1-2H3,(H2,31,38)(H2,32,33,34,35)/t18-,19+,20+,24+,25-/m1/s1. The van der Waals surface area contributed by atoms with Crippen molar-refractivity contribution in [1.82, 2.24) is 19.8 Å². The second kappa shape index (κ2) is 10.9. The molecule has 4 N–H and O–H groups in total. The lowest BCUT2D eigenvalue weighted by Gasteiger charge is -2.37. The van der Waals surface area contributed by atoms with E-state index >= 15 is 0 Å². The average molecular weight is 552 g/mol. The maximum absolute atomic E-state index is 12.2. The number of carbonyl (C=O) groups is 1. The summed E-state index contributed by atoms with van der Waals surface area (Å²) in [7, 11) is 3.93. The van der Waals surface area contributed by atoms with Gasteiger partial charge < -0.3 is 26.0 Å². The van der Waals surface area contributed by atoms with Crippen molar-refractivity contribution in [2.75, 3.05) is 51.0 Å². The number of anilines is 3. The summed E-state index contributed by atoms with van der Waals surface area (Å²) in [6.45, 7) is 4.57. The van der Waals surface area contributed by atoms with Gasteiger partial charge in [0.2, 0.25) is 11.9 Å². The van der Waals surface area contributed by atoms with Gasteiger partial charge in [-0.05, 0) is 68.2 Å². The highest BCUT2D eigenvalue weighted by Gasteiger charge is 2.47. The number of nitrogens with zero attached hydrogens (tertiary/aromatic N) is 4. The van der Waals surface area contributed by atoms with E-state index in [0.29, 0.717) is 22.8 Å². The first-order valence-electron chi connectivity index (χ1n) is 14.1. The van der Waals surface area contributed by atoms with Crippen LogP contribution in [0, 0.1) is 17.8 Å². The summed E-state index contributed by atoms with van der Waals surface area (Å²) in [6, 6.07) is 4.74. The molecule has 2 aromatic rings. The lowest BCUT2D eigenvalue weighted by Crippen LogP contribution is -2.49. The molecule has 1 amide bonds. The Hall–Kier alpha value is -2.88. The normalized spacial score (nSPS) is 28.6. The number of piperazine rings is 1. The third-order valence-corrected chi connectivity index (χ3v) is 9.45. The SMILES string of the molecule is COc1c(Nc2ncc(Cl)c(N[C@H]3[C@@H](C(N)=O)[C@@H]4C=C[C@H]3C4)n2)ccc2c1CC[C@@H](N1CCN(C)CC1)CC2. The molecule has 1 aromatic carbocycles. The zero-order valence-corrected chi connectivity index (χ0v) is 23.5. The molecule has 3 aliphatic carbocycles. The minimum atomic E-state index is -0.294. The van der Waals surface area contributed by atoms with Gasteiger partial charge in [-0.15, -0.1) is 0 Å². The number of benzene rings is 1. The molecule has 208 valence electrons. The number of aromatic nitrogens is 2. The summed E-state index contributed by atoms with van der Waals surface area (Å²) in [5, 5.41) is 7.18. The molecule has 5 atom stereocenters. The smallest absolute Gasteiger partial charge is 0.229 e. The fourth-order valence-electron chi connectivity index (χ4n) is 7.05. The van der Waals surface area contributed by atoms with Gasteiger partial charge in [-0.25, -0.2) is 4.98 Å². The van der Waals surface area contributed by atoms with Crippen LogP contribution in [0.3, 0.4) is 0 Å². The third-order valence-electron chi connectivity index (χ3n) is 9.17. The van der Waals surface area contributed by atoms with Crippen LogP contribution in [0.4, 0.5) is 17.5 Å². The number of fused-ring (bicyclic) bond motifs is 3. The molecular formula is C29H38ClN7O2. The molecule has 0 unspecified atom stereocenters. The molecule has 0 spiro atoms. The summed E-state index contributed by atoms with van der Waals surface area (Å²) in [5.74, 6) is 1.59. The fourth-order valence-corrected chi connectivity index (χ4v) is 7.20. The molecule has 1 aliphatic heterocycles. The van der Waals surface area contributed by atoms with Gasteiger partial charge in [0.15, 0.2) is 5.82 Å². The Kier molecular flexibility index (Phi) is 7.39. The number of hydrogen-bond donors (Lipinski definition) is 3. The lowest BCUT2D eigenvalue weighted by molar-refractivity contribution is -0.122. The van der Waals surface area contributed by atoms with Crippen LogP contribution >= 0.6 is 11.6 Å². The van der Waals surface area contributed by atoms with E-state index in [-0.39, 0.29) is 29.7 Å². The summed E-state index contributed by atoms with van der Waals surface area (Å²) < 4.78 is 5.96. The molecule has 1 aromatic heterocycles. The van der Waals surface area contributed by atoms with Gasteiger partial charge >= 0.3 is 0 Å². The molecule has 1 saturated heterocycles. The summed E-state index contributed by atoms with van der Waals surface area (Å²) in [4.78, 5) is 26.4. The molecule has 39 heavy (non-hydrogen) atoms. The predicted molar refractivity (Wildman–Crippen MR) is 154 cm³/mol. The van der Waals surface area contributed by atoms with Crippen molar-refractivity contribution in [1.29, 1.82) is 0 Å². The Morgan fingerprint density at radius 3 is 2.67 bits per heavy atom. The second-order valence-electron chi connectivity index (χ2n) is 11.4. The first-order valence-corrected chi connectivity index (χ1v) is 14.4. The Labute approximate surface area is 235 Å². The van der Waals surface area contributed by atoms with Crippen molar-refractivity contribution in [2.24, 2.45) is 23.5 Å². The van der Waals surface area contributed by atoms with Crippen molar-refractivity contribution in [3.8, 4) is 5.75 Å². The topological polar surface area (TPSA) is 109 Å². The highest BCUT2D eigenvalue weighted by atomic mass is 35.5. The number of halogens is 1. The molecule has 2 bridgehead atoms. The number of aryl methyl sites for hydroxylation is 1. The summed E-state index contributed by atoms with van der Waals surface area (Å²) in [6.07, 6.45) is 11.1. The van der Waals surface area contributed by atoms with E-state index in [1.807, 2.05) is 0 Å². The Morgan fingerprint density at radius 1 is 1.13 bits per heavy atom. The van der Waals surface area contributed by atoms with Crippen LogP contribution in [-0.4, -0.2) is 78.1 Å². The molecule has 6 rings (SSSR count). The molecule has 10 heteroatoms. The van der Waals surface area contributed by atoms with Crippen molar-refractivity contribution in [2.45, 2.75) is 44.2 Å². The maximum Gasteiger partial charge on any atom is 0.229 e. The zero-order valence-electron chi connectivity index (χ0n) is 22.7. The molecule has 2 fully saturated rings. The minimum absolute atomic E-state index is 0.131.